The van der Waals surface area contributed by atoms with E-state index < -0.39 is 11.9 Å². The molecule has 0 saturated carbocycles. The van der Waals surface area contributed by atoms with Gasteiger partial charge < -0.3 is 5.32 Å². The summed E-state index contributed by atoms with van der Waals surface area (Å²) in [5.41, 5.74) is 2.49. The lowest BCUT2D eigenvalue weighted by Gasteiger charge is -2.16. The van der Waals surface area contributed by atoms with Gasteiger partial charge in [0.15, 0.2) is 0 Å². The van der Waals surface area contributed by atoms with Crippen LogP contribution in [-0.2, 0) is 0 Å². The molecule has 5 nitrogen and oxygen atoms in total. The number of carbonyl (C=O) groups excluding carboxylic acids is 2. The van der Waals surface area contributed by atoms with Crippen molar-refractivity contribution in [2.75, 3.05) is 5.32 Å². The van der Waals surface area contributed by atoms with Gasteiger partial charge in [0.1, 0.15) is 10.3 Å². The number of rotatable bonds is 3. The second-order valence-electron chi connectivity index (χ2n) is 5.70. The largest absolute Gasteiger partial charge is 0.326 e. The van der Waals surface area contributed by atoms with E-state index in [1.807, 2.05) is 39.0 Å². The maximum Gasteiger partial charge on any atom is 0.326 e. The Morgan fingerprint density at radius 1 is 1.12 bits per heavy atom. The number of benzene rings is 1. The van der Waals surface area contributed by atoms with Crippen LogP contribution in [0.4, 0.5) is 10.5 Å². The van der Waals surface area contributed by atoms with Gasteiger partial charge in [0.2, 0.25) is 0 Å². The van der Waals surface area contributed by atoms with Crippen molar-refractivity contribution in [1.29, 1.82) is 0 Å². The van der Waals surface area contributed by atoms with Crippen LogP contribution < -0.4 is 10.6 Å². The Kier molecular flexibility index (Phi) is 6.27. The minimum Gasteiger partial charge on any atom is -0.307 e. The molecule has 1 aromatic carbocycles. The van der Waals surface area contributed by atoms with Crippen LogP contribution >= 0.6 is 34.8 Å². The molecule has 0 aliphatic rings. The third-order valence-corrected chi connectivity index (χ3v) is 4.49. The van der Waals surface area contributed by atoms with Gasteiger partial charge in [0.05, 0.1) is 10.6 Å². The van der Waals surface area contributed by atoms with Crippen LogP contribution in [0, 0.1) is 6.92 Å². The molecule has 0 unspecified atom stereocenters. The maximum absolute atomic E-state index is 12.2. The van der Waals surface area contributed by atoms with Crippen molar-refractivity contribution in [3.05, 3.63) is 56.3 Å². The van der Waals surface area contributed by atoms with Crippen molar-refractivity contribution < 1.29 is 9.59 Å². The summed E-state index contributed by atoms with van der Waals surface area (Å²) in [5, 5.41) is 4.83. The number of nitrogens with one attached hydrogen (secondary N) is 2. The molecule has 1 aromatic heterocycles. The number of anilines is 1. The van der Waals surface area contributed by atoms with E-state index in [9.17, 15) is 9.59 Å². The standard InChI is InChI=1S/C17H16Cl3N3O2/c1-8(2)10-6-4-5-9(3)13(10)21-17(25)23-16(24)11-7-12(18)15(20)22-14(11)19/h4-8H,1-3H3,(H2,21,23,24,25). The summed E-state index contributed by atoms with van der Waals surface area (Å²) in [6.07, 6.45) is 0. The fraction of sp³-hybridized carbons (Fsp3) is 0.235. The first-order valence-electron chi connectivity index (χ1n) is 7.44. The number of hydrogen-bond donors (Lipinski definition) is 2. The van der Waals surface area contributed by atoms with E-state index in [2.05, 4.69) is 15.6 Å². The van der Waals surface area contributed by atoms with Gasteiger partial charge >= 0.3 is 6.03 Å². The molecule has 132 valence electrons. The number of aryl methyl sites for hydroxylation is 1. The molecule has 0 aliphatic heterocycles. The molecule has 25 heavy (non-hydrogen) atoms. The average Bonchev–Trinajstić information content (AvgIpc) is 2.52. The van der Waals surface area contributed by atoms with Crippen LogP contribution in [0.25, 0.3) is 0 Å². The van der Waals surface area contributed by atoms with Gasteiger partial charge in [-0.1, -0.05) is 66.8 Å². The molecular weight excluding hydrogens is 385 g/mol. The average molecular weight is 401 g/mol. The van der Waals surface area contributed by atoms with E-state index in [1.165, 1.54) is 6.07 Å². The van der Waals surface area contributed by atoms with Crippen LogP contribution in [0.2, 0.25) is 15.3 Å². The fourth-order valence-electron chi connectivity index (χ4n) is 2.26. The number of halogens is 3. The van der Waals surface area contributed by atoms with Crippen LogP contribution in [0.1, 0.15) is 41.3 Å². The smallest absolute Gasteiger partial charge is 0.307 e. The summed E-state index contributed by atoms with van der Waals surface area (Å²) < 4.78 is 0. The Morgan fingerprint density at radius 2 is 1.80 bits per heavy atom. The van der Waals surface area contributed by atoms with Gasteiger partial charge in [-0.2, -0.15) is 0 Å². The monoisotopic (exact) mass is 399 g/mol. The minimum absolute atomic E-state index is 0.0193. The summed E-state index contributed by atoms with van der Waals surface area (Å²) in [6, 6.07) is 6.30. The summed E-state index contributed by atoms with van der Waals surface area (Å²) >= 11 is 17.5. The first kappa shape index (κ1) is 19.5. The quantitative estimate of drug-likeness (QED) is 0.674. The van der Waals surface area contributed by atoms with E-state index in [0.29, 0.717) is 5.69 Å². The summed E-state index contributed by atoms with van der Waals surface area (Å²) in [4.78, 5) is 28.2. The zero-order chi connectivity index (χ0) is 18.7. The lowest BCUT2D eigenvalue weighted by atomic mass is 9.98. The fourth-order valence-corrected chi connectivity index (χ4v) is 2.82. The van der Waals surface area contributed by atoms with Crippen molar-refractivity contribution in [3.63, 3.8) is 0 Å². The molecule has 0 spiro atoms. The highest BCUT2D eigenvalue weighted by Crippen LogP contribution is 2.28. The highest BCUT2D eigenvalue weighted by molar-refractivity contribution is 6.42. The van der Waals surface area contributed by atoms with Crippen molar-refractivity contribution in [2.45, 2.75) is 26.7 Å². The zero-order valence-corrected chi connectivity index (χ0v) is 16.1. The molecule has 2 rings (SSSR count). The van der Waals surface area contributed by atoms with Crippen molar-refractivity contribution in [2.24, 2.45) is 0 Å². The zero-order valence-electron chi connectivity index (χ0n) is 13.8. The number of amides is 3. The second kappa shape index (κ2) is 8.04. The number of imide groups is 1. The molecule has 3 amide bonds. The lowest BCUT2D eigenvalue weighted by molar-refractivity contribution is 0.0967. The Balaban J connectivity index is 2.19. The molecule has 0 atom stereocenters. The summed E-state index contributed by atoms with van der Waals surface area (Å²) in [5.74, 6) is -0.520. The molecule has 0 aliphatic carbocycles. The normalized spacial score (nSPS) is 10.7. The van der Waals surface area contributed by atoms with Gasteiger partial charge in [0, 0.05) is 5.69 Å². The van der Waals surface area contributed by atoms with E-state index in [1.54, 1.807) is 0 Å². The first-order chi connectivity index (χ1) is 11.7. The van der Waals surface area contributed by atoms with Gasteiger partial charge in [0.25, 0.3) is 5.91 Å². The van der Waals surface area contributed by atoms with Crippen LogP contribution in [0.3, 0.4) is 0 Å². The van der Waals surface area contributed by atoms with Gasteiger partial charge in [-0.05, 0) is 30.0 Å². The molecule has 0 bridgehead atoms. The number of para-hydroxylation sites is 1. The van der Waals surface area contributed by atoms with E-state index in [4.69, 9.17) is 34.8 Å². The number of aromatic nitrogens is 1. The predicted molar refractivity (Wildman–Crippen MR) is 101 cm³/mol. The van der Waals surface area contributed by atoms with Gasteiger partial charge in [-0.3, -0.25) is 10.1 Å². The SMILES string of the molecule is Cc1cccc(C(C)C)c1NC(=O)NC(=O)c1cc(Cl)c(Cl)nc1Cl. The van der Waals surface area contributed by atoms with Crippen LogP contribution in [-0.4, -0.2) is 16.9 Å². The number of carbonyl (C=O) groups is 2. The van der Waals surface area contributed by atoms with Crippen molar-refractivity contribution >= 4 is 52.4 Å². The molecule has 0 saturated heterocycles. The molecule has 0 fully saturated rings. The molecule has 2 N–H and O–H groups in total. The Labute approximate surface area is 160 Å². The number of pyridine rings is 1. The number of nitrogens with zero attached hydrogens (tertiary/aromatic N) is 1. The van der Waals surface area contributed by atoms with E-state index in [-0.39, 0.29) is 26.8 Å². The van der Waals surface area contributed by atoms with Crippen molar-refractivity contribution in [1.82, 2.24) is 10.3 Å². The second-order valence-corrected chi connectivity index (χ2v) is 6.82. The molecule has 2 aromatic rings. The third-order valence-electron chi connectivity index (χ3n) is 3.52. The summed E-state index contributed by atoms with van der Waals surface area (Å²) in [7, 11) is 0. The van der Waals surface area contributed by atoms with Crippen molar-refractivity contribution in [3.8, 4) is 0 Å². The van der Waals surface area contributed by atoms with Gasteiger partial charge in [-0.15, -0.1) is 0 Å². The first-order valence-corrected chi connectivity index (χ1v) is 8.57. The number of urea groups is 1. The molecular formula is C17H16Cl3N3O2. The minimum atomic E-state index is -0.728. The topological polar surface area (TPSA) is 71.1 Å². The predicted octanol–water partition coefficient (Wildman–Crippen LogP) is 5.44. The Bertz CT molecular complexity index is 838. The third kappa shape index (κ3) is 4.63. The highest BCUT2D eigenvalue weighted by atomic mass is 35.5. The van der Waals surface area contributed by atoms with Gasteiger partial charge in [-0.25, -0.2) is 9.78 Å². The maximum atomic E-state index is 12.2. The Hall–Kier alpha value is -1.82. The highest BCUT2D eigenvalue weighted by Gasteiger charge is 2.18. The van der Waals surface area contributed by atoms with E-state index in [0.717, 1.165) is 11.1 Å². The molecule has 8 heteroatoms. The number of hydrogen-bond acceptors (Lipinski definition) is 3. The Morgan fingerprint density at radius 3 is 2.44 bits per heavy atom. The molecule has 1 heterocycles. The molecule has 0 radical (unpaired) electrons. The summed E-state index contributed by atoms with van der Waals surface area (Å²) in [6.45, 7) is 5.91. The van der Waals surface area contributed by atoms with Crippen LogP contribution in [0.5, 0.6) is 0 Å². The van der Waals surface area contributed by atoms with E-state index >= 15 is 0 Å². The van der Waals surface area contributed by atoms with Crippen LogP contribution in [0.15, 0.2) is 24.3 Å². The lowest BCUT2D eigenvalue weighted by Crippen LogP contribution is -2.35.